The minimum Gasteiger partial charge on any atom is -0.490 e. The molecule has 5 aliphatic rings. The number of rotatable bonds is 12. The van der Waals surface area contributed by atoms with Crippen LogP contribution in [-0.2, 0) is 38.7 Å². The van der Waals surface area contributed by atoms with E-state index in [-0.39, 0.29) is 41.5 Å². The van der Waals surface area contributed by atoms with Crippen molar-refractivity contribution in [1.82, 2.24) is 34.6 Å². The first-order chi connectivity index (χ1) is 31.6. The van der Waals surface area contributed by atoms with Gasteiger partial charge in [0.25, 0.3) is 11.8 Å². The predicted molar refractivity (Wildman–Crippen MR) is 241 cm³/mol. The number of amides is 5. The van der Waals surface area contributed by atoms with Crippen LogP contribution in [0.25, 0.3) is 11.1 Å². The maximum absolute atomic E-state index is 15.9. The molecule has 2 aromatic heterocycles. The highest BCUT2D eigenvalue weighted by Gasteiger charge is 2.42. The van der Waals surface area contributed by atoms with Crippen LogP contribution in [0.1, 0.15) is 89.8 Å². The Balaban J connectivity index is 0.702. The van der Waals surface area contributed by atoms with Crippen LogP contribution in [0.15, 0.2) is 78.6 Å². The Morgan fingerprint density at radius 3 is 2.42 bits per heavy atom. The SMILES string of the molecule is O=C1CC[C@@H](Nc2ccc(C3CCN(CC(=O)N4CCC(Oc5ccc(-c6cc(F)c7c(c6)C(=O)N(C(C(=O)Nc6nccs6)c6ncn8c6CCC8)C7)cc5)CC4)CC3)cc2)C(=O)N1. The smallest absolute Gasteiger partial charge is 0.255 e. The van der Waals surface area contributed by atoms with E-state index in [1.165, 1.54) is 27.9 Å². The summed E-state index contributed by atoms with van der Waals surface area (Å²) in [6.45, 7) is 4.05. The molecular weight excluding hydrogens is 850 g/mol. The van der Waals surface area contributed by atoms with Gasteiger partial charge in [0.05, 0.1) is 25.1 Å². The lowest BCUT2D eigenvalue weighted by molar-refractivity contribution is -0.135. The van der Waals surface area contributed by atoms with Gasteiger partial charge in [0.15, 0.2) is 11.2 Å². The highest BCUT2D eigenvalue weighted by molar-refractivity contribution is 7.13. The number of aromatic nitrogens is 3. The summed E-state index contributed by atoms with van der Waals surface area (Å²) in [4.78, 5) is 79.3. The summed E-state index contributed by atoms with van der Waals surface area (Å²) in [6.07, 6.45) is 9.06. The second-order valence-electron chi connectivity index (χ2n) is 17.6. The first-order valence-electron chi connectivity index (χ1n) is 22.5. The van der Waals surface area contributed by atoms with Crippen LogP contribution in [0.5, 0.6) is 5.75 Å². The molecular formula is C48H50FN9O6S. The fourth-order valence-electron chi connectivity index (χ4n) is 9.91. The monoisotopic (exact) mass is 899 g/mol. The highest BCUT2D eigenvalue weighted by Crippen LogP contribution is 2.38. The molecule has 0 spiro atoms. The average molecular weight is 900 g/mol. The molecule has 3 aromatic carbocycles. The second kappa shape index (κ2) is 18.2. The lowest BCUT2D eigenvalue weighted by Crippen LogP contribution is -2.47. The number of imide groups is 1. The van der Waals surface area contributed by atoms with Crippen LogP contribution in [0, 0.1) is 5.82 Å². The van der Waals surface area contributed by atoms with Gasteiger partial charge in [-0.15, -0.1) is 11.3 Å². The molecule has 1 unspecified atom stereocenters. The normalized spacial score (nSPS) is 19.8. The molecule has 3 N–H and O–H groups in total. The summed E-state index contributed by atoms with van der Waals surface area (Å²) < 4.78 is 24.3. The van der Waals surface area contributed by atoms with E-state index in [0.29, 0.717) is 73.4 Å². The van der Waals surface area contributed by atoms with Crippen molar-refractivity contribution in [2.24, 2.45) is 0 Å². The number of fused-ring (bicyclic) bond motifs is 2. The number of hydrogen-bond acceptors (Lipinski definition) is 11. The molecule has 10 rings (SSSR count). The van der Waals surface area contributed by atoms with E-state index in [1.807, 2.05) is 45.9 Å². The first kappa shape index (κ1) is 42.5. The number of nitrogens with one attached hydrogen (secondary N) is 3. The van der Waals surface area contributed by atoms with Gasteiger partial charge in [-0.1, -0.05) is 24.3 Å². The number of halogens is 1. The summed E-state index contributed by atoms with van der Waals surface area (Å²) in [5, 5.41) is 10.6. The zero-order valence-corrected chi connectivity index (χ0v) is 36.7. The number of likely N-dealkylation sites (tertiary alicyclic amines) is 2. The van der Waals surface area contributed by atoms with E-state index in [4.69, 9.17) is 4.74 Å². The van der Waals surface area contributed by atoms with Crippen molar-refractivity contribution in [3.63, 3.8) is 0 Å². The third-order valence-corrected chi connectivity index (χ3v) is 14.2. The zero-order valence-electron chi connectivity index (χ0n) is 35.8. The van der Waals surface area contributed by atoms with Crippen LogP contribution in [-0.4, -0.2) is 104 Å². The van der Waals surface area contributed by atoms with Crippen LogP contribution in [0.2, 0.25) is 0 Å². The molecule has 2 atom stereocenters. The molecule has 15 nitrogen and oxygen atoms in total. The van der Waals surface area contributed by atoms with Gasteiger partial charge < -0.3 is 24.4 Å². The number of ether oxygens (including phenoxy) is 1. The van der Waals surface area contributed by atoms with Gasteiger partial charge in [0.1, 0.15) is 23.7 Å². The van der Waals surface area contributed by atoms with Crippen LogP contribution >= 0.6 is 11.3 Å². The van der Waals surface area contributed by atoms with Crippen molar-refractivity contribution in [3.8, 4) is 16.9 Å². The number of aryl methyl sites for hydroxylation is 1. The Labute approximate surface area is 379 Å². The number of anilines is 2. The molecule has 3 fully saturated rings. The van der Waals surface area contributed by atoms with E-state index in [9.17, 15) is 24.0 Å². The van der Waals surface area contributed by atoms with E-state index in [1.54, 1.807) is 24.0 Å². The van der Waals surface area contributed by atoms with E-state index in [0.717, 1.165) is 62.3 Å². The average Bonchev–Trinajstić information content (AvgIpc) is 4.14. The third-order valence-electron chi connectivity index (χ3n) is 13.5. The lowest BCUT2D eigenvalue weighted by Gasteiger charge is -2.36. The first-order valence-corrected chi connectivity index (χ1v) is 23.4. The Bertz CT molecular complexity index is 2600. The number of carbonyl (C=O) groups is 5. The quantitative estimate of drug-likeness (QED) is 0.128. The Hall–Kier alpha value is -6.46. The number of carbonyl (C=O) groups excluding carboxylic acids is 5. The molecule has 0 radical (unpaired) electrons. The van der Waals surface area contributed by atoms with Crippen molar-refractivity contribution < 1.29 is 33.1 Å². The maximum atomic E-state index is 15.9. The molecule has 0 aliphatic carbocycles. The van der Waals surface area contributed by atoms with Gasteiger partial charge in [-0.2, -0.15) is 0 Å². The molecule has 0 saturated carbocycles. The summed E-state index contributed by atoms with van der Waals surface area (Å²) in [5.74, 6) is -0.692. The Morgan fingerprint density at radius 1 is 0.892 bits per heavy atom. The van der Waals surface area contributed by atoms with Crippen LogP contribution in [0.3, 0.4) is 0 Å². The maximum Gasteiger partial charge on any atom is 0.255 e. The molecule has 5 amide bonds. The number of benzene rings is 3. The minimum absolute atomic E-state index is 0.0513. The summed E-state index contributed by atoms with van der Waals surface area (Å²) in [7, 11) is 0. The molecule has 7 heterocycles. The van der Waals surface area contributed by atoms with Gasteiger partial charge >= 0.3 is 0 Å². The molecule has 5 aromatic rings. The van der Waals surface area contributed by atoms with Crippen LogP contribution in [0.4, 0.5) is 15.2 Å². The molecule has 3 saturated heterocycles. The predicted octanol–water partition coefficient (Wildman–Crippen LogP) is 5.89. The zero-order chi connectivity index (χ0) is 44.6. The van der Waals surface area contributed by atoms with E-state index < -0.39 is 29.7 Å². The third kappa shape index (κ3) is 8.99. The fraction of sp³-hybridized carbons (Fsp3) is 0.396. The van der Waals surface area contributed by atoms with Gasteiger partial charge in [-0.05, 0) is 104 Å². The number of hydrogen-bond donors (Lipinski definition) is 3. The van der Waals surface area contributed by atoms with Gasteiger partial charge in [-0.25, -0.2) is 14.4 Å². The van der Waals surface area contributed by atoms with Crippen molar-refractivity contribution >= 4 is 51.7 Å². The minimum atomic E-state index is -1.06. The largest absolute Gasteiger partial charge is 0.490 e. The van der Waals surface area contributed by atoms with E-state index >= 15 is 4.39 Å². The molecule has 17 heteroatoms. The molecule has 65 heavy (non-hydrogen) atoms. The Morgan fingerprint density at radius 2 is 1.68 bits per heavy atom. The van der Waals surface area contributed by atoms with Crippen molar-refractivity contribution in [2.45, 2.75) is 88.6 Å². The lowest BCUT2D eigenvalue weighted by atomic mass is 9.89. The number of nitrogens with zero attached hydrogens (tertiary/aromatic N) is 6. The summed E-state index contributed by atoms with van der Waals surface area (Å²) in [5.41, 5.74) is 5.24. The van der Waals surface area contributed by atoms with Gasteiger partial charge in [0.2, 0.25) is 17.7 Å². The summed E-state index contributed by atoms with van der Waals surface area (Å²) >= 11 is 1.28. The van der Waals surface area contributed by atoms with Crippen molar-refractivity contribution in [3.05, 3.63) is 112 Å². The van der Waals surface area contributed by atoms with Gasteiger partial charge in [-0.3, -0.25) is 39.5 Å². The Kier molecular flexibility index (Phi) is 11.9. The highest BCUT2D eigenvalue weighted by atomic mass is 32.1. The molecule has 0 bridgehead atoms. The standard InChI is InChI=1S/C48H50FN9O6S/c49-38-25-32(24-36-37(38)26-58(47(36)63)44(46(62)54-48-50-17-23-65-48)43-40-2-1-18-57(40)28-51-43)30-5-9-34(10-6-30)64-35-15-21-56(22-16-35)42(60)27-55-19-13-31(14-20-55)29-3-7-33(8-4-29)52-39-11-12-41(59)53-45(39)61/h3-10,17,23-25,28,31,35,39,44,52H,1-2,11-16,18-22,26-27H2,(H,50,54,62)(H,53,59,61)/t39-,44?/m1/s1. The molecule has 336 valence electrons. The summed E-state index contributed by atoms with van der Waals surface area (Å²) in [6, 6.07) is 17.3. The number of piperidine rings is 3. The van der Waals surface area contributed by atoms with Crippen molar-refractivity contribution in [2.75, 3.05) is 43.4 Å². The molecule has 5 aliphatic heterocycles. The topological polar surface area (TPSA) is 171 Å². The second-order valence-corrected chi connectivity index (χ2v) is 18.5. The number of thiazole rings is 1. The van der Waals surface area contributed by atoms with Crippen LogP contribution < -0.4 is 20.7 Å². The van der Waals surface area contributed by atoms with E-state index in [2.05, 4.69) is 43.0 Å². The van der Waals surface area contributed by atoms with Crippen molar-refractivity contribution in [1.29, 1.82) is 0 Å². The van der Waals surface area contributed by atoms with Gasteiger partial charge in [0, 0.05) is 73.0 Å². The number of imidazole rings is 1. The fourth-order valence-corrected chi connectivity index (χ4v) is 10.4.